The Morgan fingerprint density at radius 3 is 3.06 bits per heavy atom. The molecule has 0 fully saturated rings. The standard InChI is InChI=1S/C13H9BrN2OS/c1-8-2-3-10(14)9(6-8)12-11(7-17)16-4-5-18-13(16)15-12/h2-7H,1H3. The minimum atomic E-state index is 0.595. The summed E-state index contributed by atoms with van der Waals surface area (Å²) < 4.78 is 2.77. The van der Waals surface area contributed by atoms with Crippen LogP contribution in [0.4, 0.5) is 0 Å². The quantitative estimate of drug-likeness (QED) is 0.670. The van der Waals surface area contributed by atoms with Gasteiger partial charge >= 0.3 is 0 Å². The zero-order valence-electron chi connectivity index (χ0n) is 9.55. The molecule has 0 atom stereocenters. The van der Waals surface area contributed by atoms with Crippen LogP contribution in [0.3, 0.4) is 0 Å². The molecule has 2 aromatic heterocycles. The molecule has 3 nitrogen and oxygen atoms in total. The minimum absolute atomic E-state index is 0.595. The lowest BCUT2D eigenvalue weighted by Gasteiger charge is -2.03. The number of carbonyl (C=O) groups excluding carboxylic acids is 1. The highest BCUT2D eigenvalue weighted by Crippen LogP contribution is 2.32. The maximum Gasteiger partial charge on any atom is 0.194 e. The Morgan fingerprint density at radius 2 is 2.28 bits per heavy atom. The van der Waals surface area contributed by atoms with Gasteiger partial charge in [0.15, 0.2) is 11.2 Å². The van der Waals surface area contributed by atoms with E-state index in [0.29, 0.717) is 5.69 Å². The number of hydrogen-bond acceptors (Lipinski definition) is 3. The number of aldehydes is 1. The van der Waals surface area contributed by atoms with Crippen LogP contribution in [0.2, 0.25) is 0 Å². The number of hydrogen-bond donors (Lipinski definition) is 0. The Balaban J connectivity index is 2.33. The first kappa shape index (κ1) is 11.6. The Hall–Kier alpha value is -1.46. The van der Waals surface area contributed by atoms with E-state index < -0.39 is 0 Å². The van der Waals surface area contributed by atoms with Gasteiger partial charge in [-0.3, -0.25) is 9.20 Å². The van der Waals surface area contributed by atoms with Crippen LogP contribution in [0.15, 0.2) is 34.2 Å². The van der Waals surface area contributed by atoms with E-state index in [4.69, 9.17) is 0 Å². The molecule has 3 aromatic rings. The molecule has 0 aliphatic heterocycles. The Labute approximate surface area is 116 Å². The van der Waals surface area contributed by atoms with Crippen LogP contribution in [-0.2, 0) is 0 Å². The van der Waals surface area contributed by atoms with Crippen molar-refractivity contribution >= 4 is 38.5 Å². The van der Waals surface area contributed by atoms with Crippen molar-refractivity contribution in [3.63, 3.8) is 0 Å². The van der Waals surface area contributed by atoms with Crippen LogP contribution in [0, 0.1) is 6.92 Å². The summed E-state index contributed by atoms with van der Waals surface area (Å²) in [6.45, 7) is 2.02. The summed E-state index contributed by atoms with van der Waals surface area (Å²) in [6.07, 6.45) is 2.72. The maximum absolute atomic E-state index is 11.3. The first-order valence-electron chi connectivity index (χ1n) is 5.38. The molecule has 0 radical (unpaired) electrons. The van der Waals surface area contributed by atoms with Gasteiger partial charge in [0.25, 0.3) is 0 Å². The zero-order chi connectivity index (χ0) is 12.7. The first-order chi connectivity index (χ1) is 8.70. The molecular weight excluding hydrogens is 312 g/mol. The van der Waals surface area contributed by atoms with E-state index in [9.17, 15) is 4.79 Å². The fraction of sp³-hybridized carbons (Fsp3) is 0.0769. The van der Waals surface area contributed by atoms with Gasteiger partial charge in [0.1, 0.15) is 11.4 Å². The van der Waals surface area contributed by atoms with Gasteiger partial charge in [0.05, 0.1) is 0 Å². The number of aryl methyl sites for hydroxylation is 1. The molecule has 90 valence electrons. The van der Waals surface area contributed by atoms with Gasteiger partial charge in [-0.05, 0) is 19.1 Å². The largest absolute Gasteiger partial charge is 0.296 e. The average Bonchev–Trinajstić information content (AvgIpc) is 2.91. The number of imidazole rings is 1. The summed E-state index contributed by atoms with van der Waals surface area (Å²) in [5, 5.41) is 1.92. The Kier molecular flexibility index (Phi) is 2.80. The van der Waals surface area contributed by atoms with Gasteiger partial charge < -0.3 is 0 Å². The highest BCUT2D eigenvalue weighted by Gasteiger charge is 2.16. The molecule has 0 N–H and O–H groups in total. The lowest BCUT2D eigenvalue weighted by Crippen LogP contribution is -1.91. The van der Waals surface area contributed by atoms with Gasteiger partial charge in [-0.15, -0.1) is 11.3 Å². The van der Waals surface area contributed by atoms with Gasteiger partial charge in [-0.25, -0.2) is 4.98 Å². The van der Waals surface area contributed by atoms with E-state index >= 15 is 0 Å². The molecule has 2 heterocycles. The van der Waals surface area contributed by atoms with Crippen molar-refractivity contribution in [2.45, 2.75) is 6.92 Å². The van der Waals surface area contributed by atoms with E-state index in [-0.39, 0.29) is 0 Å². The molecule has 0 saturated heterocycles. The van der Waals surface area contributed by atoms with Crippen molar-refractivity contribution in [3.05, 3.63) is 45.5 Å². The summed E-state index contributed by atoms with van der Waals surface area (Å²) in [7, 11) is 0. The number of halogens is 1. The third kappa shape index (κ3) is 1.71. The summed E-state index contributed by atoms with van der Waals surface area (Å²) in [5.74, 6) is 0. The van der Waals surface area contributed by atoms with Crippen LogP contribution in [-0.4, -0.2) is 15.7 Å². The average molecular weight is 321 g/mol. The lowest BCUT2D eigenvalue weighted by molar-refractivity contribution is 0.111. The predicted molar refractivity (Wildman–Crippen MR) is 76.3 cm³/mol. The summed E-state index contributed by atoms with van der Waals surface area (Å²) in [4.78, 5) is 16.7. The van der Waals surface area contributed by atoms with Gasteiger partial charge in [0, 0.05) is 21.6 Å². The molecule has 18 heavy (non-hydrogen) atoms. The fourth-order valence-electron chi connectivity index (χ4n) is 1.93. The number of thiazole rings is 1. The van der Waals surface area contributed by atoms with Crippen LogP contribution in [0.1, 0.15) is 16.1 Å². The van der Waals surface area contributed by atoms with Crippen molar-refractivity contribution in [2.24, 2.45) is 0 Å². The molecular formula is C13H9BrN2OS. The number of carbonyl (C=O) groups is 1. The SMILES string of the molecule is Cc1ccc(Br)c(-c2nc3sccn3c2C=O)c1. The van der Waals surface area contributed by atoms with E-state index in [0.717, 1.165) is 32.5 Å². The fourth-order valence-corrected chi connectivity index (χ4v) is 3.09. The second-order valence-electron chi connectivity index (χ2n) is 4.00. The number of rotatable bonds is 2. The highest BCUT2D eigenvalue weighted by atomic mass is 79.9. The smallest absolute Gasteiger partial charge is 0.194 e. The Bertz CT molecular complexity index is 745. The molecule has 0 aliphatic rings. The molecule has 0 saturated carbocycles. The molecule has 0 aliphatic carbocycles. The van der Waals surface area contributed by atoms with Crippen LogP contribution >= 0.6 is 27.3 Å². The predicted octanol–water partition coefficient (Wildman–Crippen LogP) is 3.95. The first-order valence-corrected chi connectivity index (χ1v) is 7.05. The molecule has 5 heteroatoms. The molecule has 0 amide bonds. The van der Waals surface area contributed by atoms with Crippen molar-refractivity contribution in [1.29, 1.82) is 0 Å². The highest BCUT2D eigenvalue weighted by molar-refractivity contribution is 9.10. The van der Waals surface area contributed by atoms with E-state index in [1.165, 1.54) is 11.3 Å². The molecule has 0 spiro atoms. The summed E-state index contributed by atoms with van der Waals surface area (Å²) >= 11 is 5.03. The van der Waals surface area contributed by atoms with Crippen molar-refractivity contribution < 1.29 is 4.79 Å². The second kappa shape index (κ2) is 4.33. The van der Waals surface area contributed by atoms with Gasteiger partial charge in [0.2, 0.25) is 0 Å². The van der Waals surface area contributed by atoms with Gasteiger partial charge in [-0.1, -0.05) is 27.6 Å². The van der Waals surface area contributed by atoms with E-state index in [1.54, 1.807) is 0 Å². The molecule has 1 aromatic carbocycles. The zero-order valence-corrected chi connectivity index (χ0v) is 12.0. The lowest BCUT2D eigenvalue weighted by atomic mass is 10.1. The number of nitrogens with zero attached hydrogens (tertiary/aromatic N) is 2. The van der Waals surface area contributed by atoms with Gasteiger partial charge in [-0.2, -0.15) is 0 Å². The minimum Gasteiger partial charge on any atom is -0.296 e. The normalized spacial score (nSPS) is 11.0. The molecule has 0 bridgehead atoms. The number of fused-ring (bicyclic) bond motifs is 1. The van der Waals surface area contributed by atoms with Crippen LogP contribution in [0.25, 0.3) is 16.2 Å². The third-order valence-electron chi connectivity index (χ3n) is 2.79. The summed E-state index contributed by atoms with van der Waals surface area (Å²) in [6, 6.07) is 6.03. The topological polar surface area (TPSA) is 34.4 Å². The van der Waals surface area contributed by atoms with Crippen molar-refractivity contribution in [3.8, 4) is 11.3 Å². The summed E-state index contributed by atoms with van der Waals surface area (Å²) in [5.41, 5.74) is 3.42. The molecule has 0 unspecified atom stereocenters. The number of aromatic nitrogens is 2. The number of benzene rings is 1. The van der Waals surface area contributed by atoms with Crippen molar-refractivity contribution in [2.75, 3.05) is 0 Å². The van der Waals surface area contributed by atoms with E-state index in [2.05, 4.69) is 20.9 Å². The molecule has 3 rings (SSSR count). The van der Waals surface area contributed by atoms with Crippen molar-refractivity contribution in [1.82, 2.24) is 9.38 Å². The maximum atomic E-state index is 11.3. The third-order valence-corrected chi connectivity index (χ3v) is 4.24. The van der Waals surface area contributed by atoms with Crippen LogP contribution < -0.4 is 0 Å². The monoisotopic (exact) mass is 320 g/mol. The Morgan fingerprint density at radius 1 is 1.44 bits per heavy atom. The van der Waals surface area contributed by atoms with E-state index in [1.807, 2.05) is 41.1 Å². The second-order valence-corrected chi connectivity index (χ2v) is 5.73. The van der Waals surface area contributed by atoms with Crippen LogP contribution in [0.5, 0.6) is 0 Å².